The van der Waals surface area contributed by atoms with Gasteiger partial charge in [-0.05, 0) is 37.3 Å². The third-order valence-corrected chi connectivity index (χ3v) is 3.80. The molecule has 1 heterocycles. The molecule has 0 aliphatic carbocycles. The average Bonchev–Trinajstić information content (AvgIpc) is 2.86. The number of fused-ring (bicyclic) bond motifs is 1. The molecule has 1 aromatic heterocycles. The van der Waals surface area contributed by atoms with E-state index in [9.17, 15) is 5.11 Å². The van der Waals surface area contributed by atoms with Crippen LogP contribution >= 0.6 is 0 Å². The number of hydrogen-bond donors (Lipinski definition) is 1. The molecule has 0 aliphatic rings. The van der Waals surface area contributed by atoms with Gasteiger partial charge in [0.15, 0.2) is 0 Å². The van der Waals surface area contributed by atoms with Crippen LogP contribution in [0.3, 0.4) is 0 Å². The third-order valence-electron chi connectivity index (χ3n) is 3.80. The molecule has 106 valence electrons. The van der Waals surface area contributed by atoms with Crippen LogP contribution in [0.15, 0.2) is 48.2 Å². The maximum atomic E-state index is 10.7. The van der Waals surface area contributed by atoms with Crippen molar-refractivity contribution < 1.29 is 5.11 Å². The van der Waals surface area contributed by atoms with Crippen LogP contribution in [-0.2, 0) is 6.54 Å². The van der Waals surface area contributed by atoms with Gasteiger partial charge >= 0.3 is 0 Å². The van der Waals surface area contributed by atoms with Gasteiger partial charge in [0.05, 0.1) is 5.69 Å². The summed E-state index contributed by atoms with van der Waals surface area (Å²) in [4.78, 5) is 0. The highest BCUT2D eigenvalue weighted by Gasteiger charge is 2.18. The van der Waals surface area contributed by atoms with Gasteiger partial charge < -0.3 is 9.67 Å². The molecule has 20 heavy (non-hydrogen) atoms. The number of hydrogen-bond acceptors (Lipinski definition) is 1. The van der Waals surface area contributed by atoms with Crippen LogP contribution in [0.25, 0.3) is 10.9 Å². The minimum Gasteiger partial charge on any atom is -0.382 e. The Labute approximate surface area is 121 Å². The van der Waals surface area contributed by atoms with E-state index in [1.165, 1.54) is 10.9 Å². The molecule has 0 fully saturated rings. The fourth-order valence-electron chi connectivity index (χ4n) is 2.68. The van der Waals surface area contributed by atoms with Crippen LogP contribution in [-0.4, -0.2) is 9.67 Å². The van der Waals surface area contributed by atoms with Crippen LogP contribution in [0.4, 0.5) is 0 Å². The molecule has 0 bridgehead atoms. The Hall–Kier alpha value is -1.76. The van der Waals surface area contributed by atoms with E-state index in [4.69, 9.17) is 0 Å². The van der Waals surface area contributed by atoms with Crippen molar-refractivity contribution in [1.82, 2.24) is 4.57 Å². The fraction of sp³-hybridized carbons (Fsp3) is 0.389. The Morgan fingerprint density at radius 1 is 1.35 bits per heavy atom. The summed E-state index contributed by atoms with van der Waals surface area (Å²) in [6.07, 6.45) is 2.41. The van der Waals surface area contributed by atoms with Crippen molar-refractivity contribution in [3.05, 3.63) is 53.9 Å². The second-order valence-electron chi connectivity index (χ2n) is 5.08. The summed E-state index contributed by atoms with van der Waals surface area (Å²) >= 11 is 0. The van der Waals surface area contributed by atoms with E-state index >= 15 is 0 Å². The standard InChI is InChI=1S/C18H23NO/c1-4-7-10-14(5-2)18(20)17-13-15-11-8-9-12-16(15)19(17)6-3/h8-9,11-13,18,20H,2,4,6-7,10H2,1,3H3. The number of aromatic nitrogens is 1. The fourth-order valence-corrected chi connectivity index (χ4v) is 2.68. The van der Waals surface area contributed by atoms with Gasteiger partial charge in [-0.25, -0.2) is 0 Å². The monoisotopic (exact) mass is 269 g/mol. The number of aryl methyl sites for hydroxylation is 1. The molecule has 0 saturated carbocycles. The minimum absolute atomic E-state index is 0.605. The van der Waals surface area contributed by atoms with Crippen LogP contribution < -0.4 is 0 Å². The lowest BCUT2D eigenvalue weighted by molar-refractivity contribution is 0.201. The highest BCUT2D eigenvalue weighted by molar-refractivity contribution is 5.81. The lowest BCUT2D eigenvalue weighted by atomic mass is 10.0. The van der Waals surface area contributed by atoms with Crippen molar-refractivity contribution in [2.75, 3.05) is 0 Å². The van der Waals surface area contributed by atoms with Crippen LogP contribution in [0, 0.1) is 0 Å². The Morgan fingerprint density at radius 2 is 2.10 bits per heavy atom. The molecular weight excluding hydrogens is 246 g/mol. The molecular formula is C18H23NO. The summed E-state index contributed by atoms with van der Waals surface area (Å²) in [5.41, 5.74) is 5.94. The quantitative estimate of drug-likeness (QED) is 0.762. The molecule has 1 atom stereocenters. The topological polar surface area (TPSA) is 25.2 Å². The van der Waals surface area contributed by atoms with E-state index in [-0.39, 0.29) is 0 Å². The van der Waals surface area contributed by atoms with Crippen molar-refractivity contribution >= 4 is 10.9 Å². The van der Waals surface area contributed by atoms with Gasteiger partial charge in [0, 0.05) is 17.6 Å². The van der Waals surface area contributed by atoms with Crippen molar-refractivity contribution in [2.45, 2.75) is 45.8 Å². The van der Waals surface area contributed by atoms with E-state index in [2.05, 4.69) is 48.9 Å². The summed E-state index contributed by atoms with van der Waals surface area (Å²) in [5, 5.41) is 11.8. The Kier molecular flexibility index (Phi) is 4.84. The van der Waals surface area contributed by atoms with E-state index in [0.29, 0.717) is 0 Å². The number of aliphatic hydroxyl groups is 1. The number of benzene rings is 1. The first-order valence-corrected chi connectivity index (χ1v) is 7.38. The van der Waals surface area contributed by atoms with Gasteiger partial charge in [0.25, 0.3) is 0 Å². The maximum Gasteiger partial charge on any atom is 0.122 e. The van der Waals surface area contributed by atoms with Gasteiger partial charge in [-0.2, -0.15) is 0 Å². The first-order chi connectivity index (χ1) is 9.72. The third kappa shape index (κ3) is 2.72. The smallest absolute Gasteiger partial charge is 0.122 e. The van der Waals surface area contributed by atoms with Gasteiger partial charge in [-0.15, -0.1) is 5.73 Å². The first kappa shape index (κ1) is 14.6. The number of para-hydroxylation sites is 1. The highest BCUT2D eigenvalue weighted by atomic mass is 16.3. The molecule has 0 spiro atoms. The van der Waals surface area contributed by atoms with Crippen molar-refractivity contribution in [3.63, 3.8) is 0 Å². The lowest BCUT2D eigenvalue weighted by Gasteiger charge is -2.16. The van der Waals surface area contributed by atoms with E-state index < -0.39 is 6.10 Å². The molecule has 2 rings (SSSR count). The molecule has 0 saturated heterocycles. The zero-order chi connectivity index (χ0) is 14.5. The Balaban J connectivity index is 2.43. The molecule has 0 radical (unpaired) electrons. The summed E-state index contributed by atoms with van der Waals surface area (Å²) in [6.45, 7) is 8.84. The van der Waals surface area contributed by atoms with E-state index in [1.54, 1.807) is 0 Å². The number of unbranched alkanes of at least 4 members (excludes halogenated alkanes) is 1. The van der Waals surface area contributed by atoms with Crippen LogP contribution in [0.1, 0.15) is 44.9 Å². The number of aliphatic hydroxyl groups excluding tert-OH is 1. The van der Waals surface area contributed by atoms with Crippen molar-refractivity contribution in [1.29, 1.82) is 0 Å². The molecule has 0 aliphatic heterocycles. The second kappa shape index (κ2) is 6.60. The largest absolute Gasteiger partial charge is 0.382 e. The van der Waals surface area contributed by atoms with Gasteiger partial charge in [0.1, 0.15) is 6.10 Å². The van der Waals surface area contributed by atoms with E-state index in [1.807, 2.05) is 12.1 Å². The first-order valence-electron chi connectivity index (χ1n) is 7.38. The minimum atomic E-state index is -0.605. The lowest BCUT2D eigenvalue weighted by Crippen LogP contribution is -2.08. The summed E-state index contributed by atoms with van der Waals surface area (Å²) < 4.78 is 2.17. The molecule has 1 N–H and O–H groups in total. The summed E-state index contributed by atoms with van der Waals surface area (Å²) in [7, 11) is 0. The zero-order valence-electron chi connectivity index (χ0n) is 12.4. The van der Waals surface area contributed by atoms with Crippen molar-refractivity contribution in [2.24, 2.45) is 0 Å². The molecule has 2 nitrogen and oxygen atoms in total. The molecule has 1 unspecified atom stereocenters. The Morgan fingerprint density at radius 3 is 2.75 bits per heavy atom. The molecule has 2 heteroatoms. The normalized spacial score (nSPS) is 12.3. The maximum absolute atomic E-state index is 10.7. The van der Waals surface area contributed by atoms with Crippen molar-refractivity contribution in [3.8, 4) is 0 Å². The Bertz CT molecular complexity index is 632. The molecule has 2 aromatic rings. The molecule has 1 aromatic carbocycles. The molecule has 0 amide bonds. The zero-order valence-corrected chi connectivity index (χ0v) is 12.4. The van der Waals surface area contributed by atoms with Crippen LogP contribution in [0.5, 0.6) is 0 Å². The number of nitrogens with zero attached hydrogens (tertiary/aromatic N) is 1. The highest BCUT2D eigenvalue weighted by Crippen LogP contribution is 2.30. The van der Waals surface area contributed by atoms with Gasteiger partial charge in [0.2, 0.25) is 0 Å². The predicted octanol–water partition coefficient (Wildman–Crippen LogP) is 4.60. The van der Waals surface area contributed by atoms with Gasteiger partial charge in [-0.1, -0.05) is 38.1 Å². The second-order valence-corrected chi connectivity index (χ2v) is 5.08. The van der Waals surface area contributed by atoms with E-state index in [0.717, 1.165) is 37.1 Å². The van der Waals surface area contributed by atoms with Gasteiger partial charge in [-0.3, -0.25) is 0 Å². The summed E-state index contributed by atoms with van der Waals surface area (Å²) in [6, 6.07) is 10.3. The summed E-state index contributed by atoms with van der Waals surface area (Å²) in [5.74, 6) is 0. The number of rotatable bonds is 6. The van der Waals surface area contributed by atoms with Crippen LogP contribution in [0.2, 0.25) is 0 Å². The predicted molar refractivity (Wildman–Crippen MR) is 84.7 cm³/mol. The SMILES string of the molecule is C=C=C(CCCC)C(O)c1cc2ccccc2n1CC. The average molecular weight is 269 g/mol.